The summed E-state index contributed by atoms with van der Waals surface area (Å²) in [5.74, 6) is 0.875. The summed E-state index contributed by atoms with van der Waals surface area (Å²) < 4.78 is 4.84. The Balaban J connectivity index is 1.24. The van der Waals surface area contributed by atoms with Gasteiger partial charge in [-0.1, -0.05) is 66.8 Å². The van der Waals surface area contributed by atoms with Gasteiger partial charge >= 0.3 is 0 Å². The molecule has 9 rings (SSSR count). The number of nitrogens with zero attached hydrogens (tertiary/aromatic N) is 5. The molecule has 5 nitrogen and oxygen atoms in total. The van der Waals surface area contributed by atoms with E-state index >= 15 is 0 Å². The molecule has 2 unspecified atom stereocenters. The van der Waals surface area contributed by atoms with Crippen LogP contribution in [0.1, 0.15) is 11.7 Å². The van der Waals surface area contributed by atoms with Crippen molar-refractivity contribution in [1.29, 1.82) is 0 Å². The van der Waals surface area contributed by atoms with Gasteiger partial charge < -0.3 is 4.90 Å². The highest BCUT2D eigenvalue weighted by Crippen LogP contribution is 2.43. The number of anilines is 1. The third-order valence-corrected chi connectivity index (χ3v) is 9.32. The predicted molar refractivity (Wildman–Crippen MR) is 170 cm³/mol. The minimum Gasteiger partial charge on any atom is -0.332 e. The number of hydrogen-bond acceptors (Lipinski definition) is 5. The van der Waals surface area contributed by atoms with E-state index in [1.807, 2.05) is 35.9 Å². The van der Waals surface area contributed by atoms with E-state index in [9.17, 15) is 0 Å². The Hall–Kier alpha value is -5.07. The van der Waals surface area contributed by atoms with Crippen LogP contribution in [0.5, 0.6) is 0 Å². The minimum absolute atomic E-state index is 0.0760. The van der Waals surface area contributed by atoms with Gasteiger partial charge in [0.05, 0.1) is 40.2 Å². The Morgan fingerprint density at radius 1 is 0.732 bits per heavy atom. The average molecular weight is 546 g/mol. The number of benzene rings is 3. The molecule has 1 aliphatic heterocycles. The van der Waals surface area contributed by atoms with Gasteiger partial charge in [-0.2, -0.15) is 0 Å². The second-order valence-corrected chi connectivity index (χ2v) is 11.5. The van der Waals surface area contributed by atoms with E-state index in [0.29, 0.717) is 0 Å². The van der Waals surface area contributed by atoms with Crippen LogP contribution in [0, 0.1) is 0 Å². The summed E-state index contributed by atoms with van der Waals surface area (Å²) in [6.45, 7) is 0. The number of allylic oxidation sites excluding steroid dienone is 2. The first-order valence-corrected chi connectivity index (χ1v) is 14.6. The summed E-state index contributed by atoms with van der Waals surface area (Å²) in [6, 6.07) is 32.1. The molecular weight excluding hydrogens is 522 g/mol. The van der Waals surface area contributed by atoms with Crippen molar-refractivity contribution >= 4 is 64.8 Å². The molecular formula is C35H23N5S. The molecule has 0 fully saturated rings. The van der Waals surface area contributed by atoms with Crippen LogP contribution >= 0.6 is 11.3 Å². The van der Waals surface area contributed by atoms with Crippen LogP contribution in [-0.2, 0) is 0 Å². The third kappa shape index (κ3) is 3.31. The largest absolute Gasteiger partial charge is 0.332 e. The first-order valence-electron chi connectivity index (χ1n) is 13.8. The Labute approximate surface area is 240 Å². The molecule has 0 N–H and O–H groups in total. The number of rotatable bonds is 3. The number of aromatic nitrogens is 3. The highest BCUT2D eigenvalue weighted by atomic mass is 32.1. The Morgan fingerprint density at radius 2 is 1.63 bits per heavy atom. The minimum atomic E-state index is -0.106. The zero-order valence-corrected chi connectivity index (χ0v) is 22.7. The van der Waals surface area contributed by atoms with Crippen LogP contribution in [0.4, 0.5) is 5.69 Å². The number of pyridine rings is 2. The van der Waals surface area contributed by atoms with E-state index in [1.165, 1.54) is 25.7 Å². The number of hydrogen-bond donors (Lipinski definition) is 0. The Bertz CT molecular complexity index is 2220. The Kier molecular flexibility index (Phi) is 4.83. The maximum atomic E-state index is 5.11. The van der Waals surface area contributed by atoms with Gasteiger partial charge in [-0.15, -0.1) is 11.3 Å². The van der Waals surface area contributed by atoms with Gasteiger partial charge in [0, 0.05) is 31.8 Å². The molecule has 0 saturated carbocycles. The fourth-order valence-electron chi connectivity index (χ4n) is 6.42. The zero-order chi connectivity index (χ0) is 26.9. The predicted octanol–water partition coefficient (Wildman–Crippen LogP) is 8.40. The van der Waals surface area contributed by atoms with Crippen LogP contribution in [0.25, 0.3) is 47.9 Å². The van der Waals surface area contributed by atoms with Gasteiger partial charge in [-0.25, -0.2) is 4.98 Å². The summed E-state index contributed by atoms with van der Waals surface area (Å²) in [6.07, 6.45) is 12.3. The van der Waals surface area contributed by atoms with Crippen LogP contribution in [-0.4, -0.2) is 26.3 Å². The zero-order valence-electron chi connectivity index (χ0n) is 21.9. The molecule has 2 aliphatic rings. The van der Waals surface area contributed by atoms with E-state index in [1.54, 1.807) is 0 Å². The monoisotopic (exact) mass is 545 g/mol. The number of aliphatic imine (C=N–C) groups is 1. The highest BCUT2D eigenvalue weighted by molar-refractivity contribution is 7.26. The molecule has 6 heteroatoms. The van der Waals surface area contributed by atoms with Crippen LogP contribution in [0.2, 0.25) is 0 Å². The molecule has 5 heterocycles. The Morgan fingerprint density at radius 3 is 2.54 bits per heavy atom. The van der Waals surface area contributed by atoms with Crippen molar-refractivity contribution < 1.29 is 0 Å². The summed E-state index contributed by atoms with van der Waals surface area (Å²) in [4.78, 5) is 17.4. The van der Waals surface area contributed by atoms with Crippen molar-refractivity contribution in [2.24, 2.45) is 4.99 Å². The standard InChI is InChI=1S/C35H23N5S/c1-2-9-22(10-3-1)35-38-26-12-5-6-13-27(26)39(35)23-16-19-31(37-21-23)40-28-14-8-20-36-33(28)25-17-18-30-32(34(25)40)24-11-4-7-15-29(24)41-30/h1-21,27,35H. The summed E-state index contributed by atoms with van der Waals surface area (Å²) in [5, 5.41) is 3.67. The van der Waals surface area contributed by atoms with Gasteiger partial charge in [0.25, 0.3) is 0 Å². The first-order chi connectivity index (χ1) is 20.3. The molecule has 2 atom stereocenters. The first kappa shape index (κ1) is 22.7. The van der Waals surface area contributed by atoms with E-state index < -0.39 is 0 Å². The fourth-order valence-corrected chi connectivity index (χ4v) is 7.53. The molecule has 4 aromatic heterocycles. The molecule has 1 aliphatic carbocycles. The van der Waals surface area contributed by atoms with Crippen LogP contribution < -0.4 is 4.90 Å². The van der Waals surface area contributed by atoms with E-state index in [2.05, 4.69) is 113 Å². The lowest BCUT2D eigenvalue weighted by molar-refractivity contribution is 0.694. The highest BCUT2D eigenvalue weighted by Gasteiger charge is 2.35. The normalized spacial score (nSPS) is 18.1. The van der Waals surface area contributed by atoms with Gasteiger partial charge in [-0.05, 0) is 54.1 Å². The maximum Gasteiger partial charge on any atom is 0.148 e. The molecule has 41 heavy (non-hydrogen) atoms. The van der Waals surface area contributed by atoms with E-state index in [4.69, 9.17) is 15.0 Å². The molecule has 194 valence electrons. The van der Waals surface area contributed by atoms with Gasteiger partial charge in [-0.3, -0.25) is 14.5 Å². The van der Waals surface area contributed by atoms with Crippen molar-refractivity contribution in [3.05, 3.63) is 133 Å². The molecule has 0 radical (unpaired) electrons. The topological polar surface area (TPSA) is 46.3 Å². The molecule has 3 aromatic carbocycles. The molecule has 0 saturated heterocycles. The number of fused-ring (bicyclic) bond motifs is 8. The van der Waals surface area contributed by atoms with Crippen molar-refractivity contribution in [2.75, 3.05) is 4.90 Å². The summed E-state index contributed by atoms with van der Waals surface area (Å²) in [5.41, 5.74) is 6.48. The van der Waals surface area contributed by atoms with E-state index in [0.717, 1.165) is 39.2 Å². The van der Waals surface area contributed by atoms with Crippen molar-refractivity contribution in [3.63, 3.8) is 0 Å². The van der Waals surface area contributed by atoms with Crippen molar-refractivity contribution in [1.82, 2.24) is 14.5 Å². The summed E-state index contributed by atoms with van der Waals surface area (Å²) >= 11 is 1.83. The second kappa shape index (κ2) is 8.71. The lowest BCUT2D eigenvalue weighted by Gasteiger charge is -2.31. The fraction of sp³-hybridized carbons (Fsp3) is 0.0571. The lowest BCUT2D eigenvalue weighted by atomic mass is 10.0. The van der Waals surface area contributed by atoms with E-state index in [-0.39, 0.29) is 12.2 Å². The quantitative estimate of drug-likeness (QED) is 0.224. The van der Waals surface area contributed by atoms with Gasteiger partial charge in [0.1, 0.15) is 12.0 Å². The number of thiophene rings is 1. The maximum absolute atomic E-state index is 5.11. The van der Waals surface area contributed by atoms with Crippen LogP contribution in [0.15, 0.2) is 133 Å². The van der Waals surface area contributed by atoms with Gasteiger partial charge in [0.15, 0.2) is 0 Å². The van der Waals surface area contributed by atoms with Crippen molar-refractivity contribution in [3.8, 4) is 5.82 Å². The second-order valence-electron chi connectivity index (χ2n) is 10.4. The lowest BCUT2D eigenvalue weighted by Crippen LogP contribution is -2.35. The van der Waals surface area contributed by atoms with Crippen molar-refractivity contribution in [2.45, 2.75) is 12.2 Å². The SMILES string of the molecule is C1=CC2=NC(c3ccccc3)N(c3ccc(-n4c5cccnc5c5ccc6sc7ccccc7c6c54)nc3)C2C=C1. The molecule has 7 aromatic rings. The van der Waals surface area contributed by atoms with Crippen LogP contribution in [0.3, 0.4) is 0 Å². The average Bonchev–Trinajstić information content (AvgIpc) is 3.71. The smallest absolute Gasteiger partial charge is 0.148 e. The third-order valence-electron chi connectivity index (χ3n) is 8.19. The molecule has 0 amide bonds. The van der Waals surface area contributed by atoms with Gasteiger partial charge in [0.2, 0.25) is 0 Å². The molecule has 0 spiro atoms. The summed E-state index contributed by atoms with van der Waals surface area (Å²) in [7, 11) is 0. The molecule has 0 bridgehead atoms.